The Morgan fingerprint density at radius 2 is 2.00 bits per heavy atom. The molecule has 1 aromatic heterocycles. The molecule has 0 aliphatic rings. The third kappa shape index (κ3) is 4.11. The second kappa shape index (κ2) is 7.72. The van der Waals surface area contributed by atoms with Crippen molar-refractivity contribution >= 4 is 0 Å². The molecule has 0 aliphatic heterocycles. The van der Waals surface area contributed by atoms with Crippen molar-refractivity contribution in [3.05, 3.63) is 54.0 Å². The molecular weight excluding hydrogens is 254 g/mol. The van der Waals surface area contributed by atoms with Crippen LogP contribution in [0.25, 0.3) is 0 Å². The lowest BCUT2D eigenvalue weighted by Gasteiger charge is -2.16. The summed E-state index contributed by atoms with van der Waals surface area (Å²) in [5.74, 6) is 1.79. The summed E-state index contributed by atoms with van der Waals surface area (Å²) in [6.45, 7) is 1.09. The van der Waals surface area contributed by atoms with E-state index in [-0.39, 0.29) is 6.04 Å². The van der Waals surface area contributed by atoms with E-state index in [1.54, 1.807) is 13.4 Å². The first-order chi connectivity index (χ1) is 9.81. The lowest BCUT2D eigenvalue weighted by molar-refractivity contribution is 0.145. The normalized spacial score (nSPS) is 12.3. The minimum atomic E-state index is -0.0705. The summed E-state index contributed by atoms with van der Waals surface area (Å²) < 4.78 is 16.0. The van der Waals surface area contributed by atoms with Crippen LogP contribution in [0.3, 0.4) is 0 Å². The zero-order valence-electron chi connectivity index (χ0n) is 11.7. The maximum absolute atomic E-state index is 6.26. The first-order valence-corrected chi connectivity index (χ1v) is 6.80. The number of para-hydroxylation sites is 1. The molecule has 1 aromatic carbocycles. The fourth-order valence-electron chi connectivity index (χ4n) is 2.06. The van der Waals surface area contributed by atoms with Crippen LogP contribution in [-0.4, -0.2) is 20.3 Å². The number of aryl methyl sites for hydroxylation is 1. The number of hydrogen-bond acceptors (Lipinski definition) is 4. The van der Waals surface area contributed by atoms with Crippen LogP contribution >= 0.6 is 0 Å². The minimum Gasteiger partial charge on any atom is -0.491 e. The van der Waals surface area contributed by atoms with Crippen molar-refractivity contribution in [3.63, 3.8) is 0 Å². The SMILES string of the molecule is COCCOc1ccccc1C(N)CCc1ccco1. The average molecular weight is 275 g/mol. The Morgan fingerprint density at radius 3 is 2.75 bits per heavy atom. The average Bonchev–Trinajstić information content (AvgIpc) is 2.99. The molecule has 0 aliphatic carbocycles. The lowest BCUT2D eigenvalue weighted by atomic mass is 10.0. The van der Waals surface area contributed by atoms with Crippen molar-refractivity contribution in [1.82, 2.24) is 0 Å². The summed E-state index contributed by atoms with van der Waals surface area (Å²) in [6, 6.07) is 11.7. The highest BCUT2D eigenvalue weighted by Gasteiger charge is 2.12. The van der Waals surface area contributed by atoms with Crippen molar-refractivity contribution in [2.75, 3.05) is 20.3 Å². The Balaban J connectivity index is 1.95. The zero-order valence-corrected chi connectivity index (χ0v) is 11.7. The number of methoxy groups -OCH3 is 1. The van der Waals surface area contributed by atoms with E-state index in [1.165, 1.54) is 0 Å². The van der Waals surface area contributed by atoms with Crippen molar-refractivity contribution < 1.29 is 13.9 Å². The van der Waals surface area contributed by atoms with Crippen LogP contribution in [0, 0.1) is 0 Å². The second-order valence-electron chi connectivity index (χ2n) is 4.60. The molecule has 0 amide bonds. The van der Waals surface area contributed by atoms with E-state index in [0.717, 1.165) is 29.9 Å². The molecule has 0 spiro atoms. The maximum Gasteiger partial charge on any atom is 0.124 e. The molecule has 1 unspecified atom stereocenters. The standard InChI is InChI=1S/C16H21NO3/c1-18-11-12-20-16-7-3-2-6-14(16)15(17)9-8-13-5-4-10-19-13/h2-7,10,15H,8-9,11-12,17H2,1H3. The Labute approximate surface area is 119 Å². The summed E-state index contributed by atoms with van der Waals surface area (Å²) in [4.78, 5) is 0. The third-order valence-corrected chi connectivity index (χ3v) is 3.15. The van der Waals surface area contributed by atoms with Gasteiger partial charge in [0, 0.05) is 25.1 Å². The van der Waals surface area contributed by atoms with Gasteiger partial charge in [0.05, 0.1) is 12.9 Å². The number of rotatable bonds is 8. The van der Waals surface area contributed by atoms with Gasteiger partial charge in [-0.2, -0.15) is 0 Å². The minimum absolute atomic E-state index is 0.0705. The van der Waals surface area contributed by atoms with Crippen molar-refractivity contribution in [1.29, 1.82) is 0 Å². The number of nitrogens with two attached hydrogens (primary N) is 1. The summed E-state index contributed by atoms with van der Waals surface area (Å²) >= 11 is 0. The van der Waals surface area contributed by atoms with Gasteiger partial charge < -0.3 is 19.6 Å². The second-order valence-corrected chi connectivity index (χ2v) is 4.60. The molecule has 4 heteroatoms. The predicted molar refractivity (Wildman–Crippen MR) is 77.8 cm³/mol. The smallest absolute Gasteiger partial charge is 0.124 e. The molecule has 108 valence electrons. The largest absolute Gasteiger partial charge is 0.491 e. The molecule has 0 saturated heterocycles. The zero-order chi connectivity index (χ0) is 14.2. The molecular formula is C16H21NO3. The molecule has 1 heterocycles. The first-order valence-electron chi connectivity index (χ1n) is 6.80. The van der Waals surface area contributed by atoms with Gasteiger partial charge in [-0.1, -0.05) is 18.2 Å². The van der Waals surface area contributed by atoms with E-state index in [4.69, 9.17) is 19.6 Å². The summed E-state index contributed by atoms with van der Waals surface area (Å²) in [5.41, 5.74) is 7.29. The lowest BCUT2D eigenvalue weighted by Crippen LogP contribution is -2.14. The van der Waals surface area contributed by atoms with Crippen molar-refractivity contribution in [3.8, 4) is 5.75 Å². The summed E-state index contributed by atoms with van der Waals surface area (Å²) in [6.07, 6.45) is 3.32. The molecule has 0 saturated carbocycles. The third-order valence-electron chi connectivity index (χ3n) is 3.15. The van der Waals surface area contributed by atoms with Gasteiger partial charge in [0.2, 0.25) is 0 Å². The van der Waals surface area contributed by atoms with E-state index in [0.29, 0.717) is 13.2 Å². The van der Waals surface area contributed by atoms with E-state index in [2.05, 4.69) is 0 Å². The maximum atomic E-state index is 6.26. The fraction of sp³-hybridized carbons (Fsp3) is 0.375. The van der Waals surface area contributed by atoms with Gasteiger partial charge in [-0.25, -0.2) is 0 Å². The quantitative estimate of drug-likeness (QED) is 0.752. The van der Waals surface area contributed by atoms with Gasteiger partial charge in [-0.05, 0) is 24.6 Å². The van der Waals surface area contributed by atoms with Gasteiger partial charge in [-0.15, -0.1) is 0 Å². The predicted octanol–water partition coefficient (Wildman–Crippen LogP) is 2.94. The molecule has 0 bridgehead atoms. The Hall–Kier alpha value is -1.78. The van der Waals surface area contributed by atoms with E-state index in [1.807, 2.05) is 36.4 Å². The monoisotopic (exact) mass is 275 g/mol. The first kappa shape index (κ1) is 14.6. The van der Waals surface area contributed by atoms with Crippen molar-refractivity contribution in [2.45, 2.75) is 18.9 Å². The number of ether oxygens (including phenoxy) is 2. The molecule has 2 rings (SSSR count). The van der Waals surface area contributed by atoms with Crippen LogP contribution in [-0.2, 0) is 11.2 Å². The van der Waals surface area contributed by atoms with Crippen molar-refractivity contribution in [2.24, 2.45) is 5.73 Å². The number of benzene rings is 1. The van der Waals surface area contributed by atoms with E-state index in [9.17, 15) is 0 Å². The van der Waals surface area contributed by atoms with Crippen LogP contribution in [0.1, 0.15) is 23.8 Å². The molecule has 1 atom stereocenters. The molecule has 0 radical (unpaired) electrons. The molecule has 20 heavy (non-hydrogen) atoms. The van der Waals surface area contributed by atoms with Gasteiger partial charge in [0.25, 0.3) is 0 Å². The van der Waals surface area contributed by atoms with E-state index < -0.39 is 0 Å². The molecule has 4 nitrogen and oxygen atoms in total. The van der Waals surface area contributed by atoms with E-state index >= 15 is 0 Å². The van der Waals surface area contributed by atoms with Crippen LogP contribution in [0.2, 0.25) is 0 Å². The topological polar surface area (TPSA) is 57.6 Å². The van der Waals surface area contributed by atoms with Gasteiger partial charge in [0.15, 0.2) is 0 Å². The highest BCUT2D eigenvalue weighted by molar-refractivity contribution is 5.35. The van der Waals surface area contributed by atoms with Gasteiger partial charge >= 0.3 is 0 Å². The van der Waals surface area contributed by atoms with Gasteiger partial charge in [0.1, 0.15) is 18.1 Å². The molecule has 2 N–H and O–H groups in total. The molecule has 0 fully saturated rings. The Kier molecular flexibility index (Phi) is 5.65. The van der Waals surface area contributed by atoms with Gasteiger partial charge in [-0.3, -0.25) is 0 Å². The number of furan rings is 1. The summed E-state index contributed by atoms with van der Waals surface area (Å²) in [7, 11) is 1.66. The fourth-order valence-corrected chi connectivity index (χ4v) is 2.06. The van der Waals surface area contributed by atoms with Crippen LogP contribution in [0.5, 0.6) is 5.75 Å². The Bertz CT molecular complexity index is 496. The molecule has 2 aromatic rings. The Morgan fingerprint density at radius 1 is 1.15 bits per heavy atom. The van der Waals surface area contributed by atoms with Crippen LogP contribution < -0.4 is 10.5 Å². The highest BCUT2D eigenvalue weighted by atomic mass is 16.5. The number of hydrogen-bond donors (Lipinski definition) is 1. The van der Waals surface area contributed by atoms with Crippen LogP contribution in [0.15, 0.2) is 47.1 Å². The van der Waals surface area contributed by atoms with Crippen LogP contribution in [0.4, 0.5) is 0 Å². The highest BCUT2D eigenvalue weighted by Crippen LogP contribution is 2.26. The summed E-state index contributed by atoms with van der Waals surface area (Å²) in [5, 5.41) is 0.